The number of nitrogens with one attached hydrogen (secondary N) is 1. The van der Waals surface area contributed by atoms with Crippen molar-refractivity contribution in [3.05, 3.63) is 0 Å². The Bertz CT molecular complexity index is 177. The molecule has 1 rings (SSSR count). The van der Waals surface area contributed by atoms with Gasteiger partial charge in [0.15, 0.2) is 0 Å². The largest absolute Gasteiger partial charge is 0.385 e. The molecule has 0 spiro atoms. The second kappa shape index (κ2) is 8.90. The van der Waals surface area contributed by atoms with Gasteiger partial charge in [0.25, 0.3) is 0 Å². The Hall–Kier alpha value is -0.120. The van der Waals surface area contributed by atoms with Crippen LogP contribution in [0.5, 0.6) is 0 Å². The van der Waals surface area contributed by atoms with E-state index in [-0.39, 0.29) is 0 Å². The van der Waals surface area contributed by atoms with E-state index in [2.05, 4.69) is 19.2 Å². The zero-order valence-electron chi connectivity index (χ0n) is 11.7. The molecule has 1 fully saturated rings. The molecule has 0 aliphatic heterocycles. The minimum atomic E-state index is 0.495. The molecule has 0 heterocycles. The molecule has 1 N–H and O–H groups in total. The zero-order valence-corrected chi connectivity index (χ0v) is 11.7. The first-order chi connectivity index (χ1) is 8.22. The van der Waals surface area contributed by atoms with Crippen molar-refractivity contribution in [2.24, 2.45) is 11.8 Å². The summed E-state index contributed by atoms with van der Waals surface area (Å²) in [6.45, 7) is 8.35. The molecule has 17 heavy (non-hydrogen) atoms. The molecule has 0 bridgehead atoms. The van der Waals surface area contributed by atoms with E-state index in [1.54, 1.807) is 7.11 Å². The molecule has 0 radical (unpaired) electrons. The molecule has 1 aliphatic carbocycles. The maximum absolute atomic E-state index is 5.94. The van der Waals surface area contributed by atoms with Crippen LogP contribution in [0.1, 0.15) is 39.5 Å². The van der Waals surface area contributed by atoms with Gasteiger partial charge in [-0.15, -0.1) is 0 Å². The van der Waals surface area contributed by atoms with E-state index in [1.165, 1.54) is 19.3 Å². The van der Waals surface area contributed by atoms with E-state index in [4.69, 9.17) is 9.47 Å². The Morgan fingerprint density at radius 3 is 2.35 bits per heavy atom. The summed E-state index contributed by atoms with van der Waals surface area (Å²) in [7, 11) is 1.74. The van der Waals surface area contributed by atoms with E-state index in [0.29, 0.717) is 6.10 Å². The lowest BCUT2D eigenvalue weighted by Crippen LogP contribution is -2.29. The fourth-order valence-electron chi connectivity index (χ4n) is 2.77. The van der Waals surface area contributed by atoms with Crippen molar-refractivity contribution < 1.29 is 9.47 Å². The van der Waals surface area contributed by atoms with Crippen LogP contribution in [-0.2, 0) is 9.47 Å². The summed E-state index contributed by atoms with van der Waals surface area (Å²) in [6.07, 6.45) is 5.43. The Kier molecular flexibility index (Phi) is 7.82. The second-order valence-corrected chi connectivity index (χ2v) is 5.51. The zero-order chi connectivity index (χ0) is 12.5. The standard InChI is InChI=1S/C14H29NO2/c1-12-9-13(2)11-14(10-12)17-8-6-15-5-4-7-16-3/h12-15H,4-11H2,1-3H3. The maximum atomic E-state index is 5.94. The molecule has 102 valence electrons. The van der Waals surface area contributed by atoms with Gasteiger partial charge in [-0.1, -0.05) is 13.8 Å². The smallest absolute Gasteiger partial charge is 0.0594 e. The molecule has 1 aliphatic rings. The van der Waals surface area contributed by atoms with Crippen LogP contribution >= 0.6 is 0 Å². The topological polar surface area (TPSA) is 30.5 Å². The Balaban J connectivity index is 1.95. The first kappa shape index (κ1) is 14.9. The maximum Gasteiger partial charge on any atom is 0.0594 e. The summed E-state index contributed by atoms with van der Waals surface area (Å²) in [5.41, 5.74) is 0. The third-order valence-corrected chi connectivity index (χ3v) is 3.47. The van der Waals surface area contributed by atoms with Crippen molar-refractivity contribution in [3.63, 3.8) is 0 Å². The average Bonchev–Trinajstić information content (AvgIpc) is 2.26. The van der Waals surface area contributed by atoms with Gasteiger partial charge in [-0.25, -0.2) is 0 Å². The van der Waals surface area contributed by atoms with Gasteiger partial charge in [-0.05, 0) is 44.1 Å². The third kappa shape index (κ3) is 7.02. The first-order valence-corrected chi connectivity index (χ1v) is 7.03. The van der Waals surface area contributed by atoms with Crippen LogP contribution in [0, 0.1) is 11.8 Å². The highest BCUT2D eigenvalue weighted by Crippen LogP contribution is 2.30. The number of hydrogen-bond donors (Lipinski definition) is 1. The monoisotopic (exact) mass is 243 g/mol. The molecule has 3 heteroatoms. The van der Waals surface area contributed by atoms with Crippen LogP contribution in [0.2, 0.25) is 0 Å². The van der Waals surface area contributed by atoms with Gasteiger partial charge in [0.05, 0.1) is 12.7 Å². The van der Waals surface area contributed by atoms with Crippen LogP contribution < -0.4 is 5.32 Å². The summed E-state index contributed by atoms with van der Waals surface area (Å²) in [5.74, 6) is 1.66. The molecule has 2 atom stereocenters. The molecule has 0 amide bonds. The second-order valence-electron chi connectivity index (χ2n) is 5.51. The SMILES string of the molecule is COCCCNCCOC1CC(C)CC(C)C1. The molecular weight excluding hydrogens is 214 g/mol. The van der Waals surface area contributed by atoms with Gasteiger partial charge in [0.2, 0.25) is 0 Å². The van der Waals surface area contributed by atoms with E-state index in [9.17, 15) is 0 Å². The summed E-state index contributed by atoms with van der Waals surface area (Å²) in [5, 5.41) is 3.38. The van der Waals surface area contributed by atoms with Gasteiger partial charge in [0.1, 0.15) is 0 Å². The quantitative estimate of drug-likeness (QED) is 0.664. The van der Waals surface area contributed by atoms with E-state index in [1.807, 2.05) is 0 Å². The van der Waals surface area contributed by atoms with Crippen LogP contribution in [0.4, 0.5) is 0 Å². The van der Waals surface area contributed by atoms with E-state index < -0.39 is 0 Å². The van der Waals surface area contributed by atoms with Crippen molar-refractivity contribution in [1.29, 1.82) is 0 Å². The van der Waals surface area contributed by atoms with Crippen molar-refractivity contribution in [2.45, 2.75) is 45.6 Å². The normalized spacial score (nSPS) is 29.5. The van der Waals surface area contributed by atoms with Crippen LogP contribution in [-0.4, -0.2) is 39.5 Å². The summed E-state index contributed by atoms with van der Waals surface area (Å²) < 4.78 is 10.9. The summed E-state index contributed by atoms with van der Waals surface area (Å²) >= 11 is 0. The van der Waals surface area contributed by atoms with Gasteiger partial charge < -0.3 is 14.8 Å². The minimum absolute atomic E-state index is 0.495. The Labute approximate surface area is 106 Å². The molecule has 1 saturated carbocycles. The van der Waals surface area contributed by atoms with Crippen molar-refractivity contribution in [1.82, 2.24) is 5.32 Å². The Morgan fingerprint density at radius 1 is 1.00 bits per heavy atom. The number of ether oxygens (including phenoxy) is 2. The molecule has 2 unspecified atom stereocenters. The number of methoxy groups -OCH3 is 1. The molecule has 0 saturated heterocycles. The van der Waals surface area contributed by atoms with Crippen LogP contribution in [0.15, 0.2) is 0 Å². The molecule has 0 aromatic rings. The minimum Gasteiger partial charge on any atom is -0.385 e. The van der Waals surface area contributed by atoms with Crippen LogP contribution in [0.3, 0.4) is 0 Å². The van der Waals surface area contributed by atoms with E-state index in [0.717, 1.165) is 44.6 Å². The predicted molar refractivity (Wildman–Crippen MR) is 71.3 cm³/mol. The number of rotatable bonds is 8. The highest BCUT2D eigenvalue weighted by molar-refractivity contribution is 4.75. The van der Waals surface area contributed by atoms with Crippen molar-refractivity contribution in [3.8, 4) is 0 Å². The van der Waals surface area contributed by atoms with Gasteiger partial charge in [-0.3, -0.25) is 0 Å². The fraction of sp³-hybridized carbons (Fsp3) is 1.00. The average molecular weight is 243 g/mol. The lowest BCUT2D eigenvalue weighted by Gasteiger charge is -2.31. The molecule has 0 aromatic heterocycles. The third-order valence-electron chi connectivity index (χ3n) is 3.47. The highest BCUT2D eigenvalue weighted by Gasteiger charge is 2.23. The fourth-order valence-corrected chi connectivity index (χ4v) is 2.77. The summed E-state index contributed by atoms with van der Waals surface area (Å²) in [6, 6.07) is 0. The molecule has 0 aromatic carbocycles. The van der Waals surface area contributed by atoms with E-state index >= 15 is 0 Å². The molecule has 3 nitrogen and oxygen atoms in total. The summed E-state index contributed by atoms with van der Waals surface area (Å²) in [4.78, 5) is 0. The first-order valence-electron chi connectivity index (χ1n) is 7.03. The molecular formula is C14H29NO2. The highest BCUT2D eigenvalue weighted by atomic mass is 16.5. The van der Waals surface area contributed by atoms with Crippen molar-refractivity contribution >= 4 is 0 Å². The van der Waals surface area contributed by atoms with Crippen molar-refractivity contribution in [2.75, 3.05) is 33.4 Å². The lowest BCUT2D eigenvalue weighted by atomic mass is 9.82. The number of hydrogen-bond acceptors (Lipinski definition) is 3. The van der Waals surface area contributed by atoms with Gasteiger partial charge in [-0.2, -0.15) is 0 Å². The van der Waals surface area contributed by atoms with Gasteiger partial charge in [0, 0.05) is 20.3 Å². The predicted octanol–water partition coefficient (Wildman–Crippen LogP) is 2.45. The lowest BCUT2D eigenvalue weighted by molar-refractivity contribution is 0.00265. The Morgan fingerprint density at radius 2 is 1.71 bits per heavy atom. The van der Waals surface area contributed by atoms with Gasteiger partial charge >= 0.3 is 0 Å². The van der Waals surface area contributed by atoms with Crippen LogP contribution in [0.25, 0.3) is 0 Å².